The van der Waals surface area contributed by atoms with E-state index in [4.69, 9.17) is 11.6 Å². The molecule has 0 radical (unpaired) electrons. The van der Waals surface area contributed by atoms with Crippen LogP contribution in [0.2, 0.25) is 5.02 Å². The highest BCUT2D eigenvalue weighted by molar-refractivity contribution is 6.31. The van der Waals surface area contributed by atoms with Crippen LogP contribution in [0, 0.1) is 11.6 Å². The lowest BCUT2D eigenvalue weighted by atomic mass is 10.1. The number of likely N-dealkylation sites (N-methyl/N-ethyl adjacent to an activating group) is 1. The van der Waals surface area contributed by atoms with Crippen LogP contribution < -0.4 is 15.1 Å². The maximum atomic E-state index is 14.4. The first kappa shape index (κ1) is 22.7. The number of benzene rings is 1. The zero-order valence-electron chi connectivity index (χ0n) is 16.9. The van der Waals surface area contributed by atoms with Crippen LogP contribution in [-0.2, 0) is 18.0 Å². The van der Waals surface area contributed by atoms with Crippen molar-refractivity contribution in [1.82, 2.24) is 19.9 Å². The molecule has 1 aliphatic heterocycles. The Morgan fingerprint density at radius 3 is 2.67 bits per heavy atom. The predicted molar refractivity (Wildman–Crippen MR) is 108 cm³/mol. The lowest BCUT2D eigenvalue weighted by molar-refractivity contribution is -0.136. The second-order valence-corrected chi connectivity index (χ2v) is 7.60. The van der Waals surface area contributed by atoms with Crippen LogP contribution in [0.25, 0.3) is 11.2 Å². The number of urea groups is 1. The molecule has 1 saturated heterocycles. The first-order chi connectivity index (χ1) is 15.4. The Labute approximate surface area is 187 Å². The number of imidazole rings is 1. The van der Waals surface area contributed by atoms with Gasteiger partial charge in [-0.15, -0.1) is 0 Å². The van der Waals surface area contributed by atoms with Gasteiger partial charge in [-0.05, 0) is 18.2 Å². The van der Waals surface area contributed by atoms with Gasteiger partial charge in [0.15, 0.2) is 11.5 Å². The molecule has 3 heterocycles. The summed E-state index contributed by atoms with van der Waals surface area (Å²) in [4.78, 5) is 35.0. The van der Waals surface area contributed by atoms with Crippen molar-refractivity contribution < 1.29 is 31.5 Å². The Balaban J connectivity index is 1.77. The van der Waals surface area contributed by atoms with E-state index in [2.05, 4.69) is 15.3 Å². The number of carbonyl (C=O) groups excluding carboxylic acids is 2. The Morgan fingerprint density at radius 1 is 1.30 bits per heavy atom. The summed E-state index contributed by atoms with van der Waals surface area (Å²) in [6.45, 7) is -0.290. The summed E-state index contributed by atoms with van der Waals surface area (Å²) in [5, 5.41) is 1.53. The van der Waals surface area contributed by atoms with E-state index in [1.165, 1.54) is 7.05 Å². The zero-order chi connectivity index (χ0) is 24.2. The van der Waals surface area contributed by atoms with Crippen LogP contribution in [0.4, 0.5) is 38.3 Å². The molecule has 3 aromatic rings. The highest BCUT2D eigenvalue weighted by Gasteiger charge is 2.42. The third-order valence-electron chi connectivity index (χ3n) is 5.19. The van der Waals surface area contributed by atoms with Crippen LogP contribution in [0.3, 0.4) is 0 Å². The van der Waals surface area contributed by atoms with Crippen molar-refractivity contribution >= 4 is 46.2 Å². The molecule has 0 saturated carbocycles. The van der Waals surface area contributed by atoms with Gasteiger partial charge in [-0.1, -0.05) is 11.6 Å². The average molecular weight is 489 g/mol. The Kier molecular flexibility index (Phi) is 5.39. The minimum absolute atomic E-state index is 0.280. The van der Waals surface area contributed by atoms with Crippen molar-refractivity contribution in [2.45, 2.75) is 12.2 Å². The summed E-state index contributed by atoms with van der Waals surface area (Å²) in [6, 6.07) is 0.218. The summed E-state index contributed by atoms with van der Waals surface area (Å²) in [7, 11) is 2.52. The molecule has 4 rings (SSSR count). The molecule has 33 heavy (non-hydrogen) atoms. The number of aryl methyl sites for hydroxylation is 1. The van der Waals surface area contributed by atoms with Crippen LogP contribution in [-0.4, -0.2) is 46.1 Å². The third-order valence-corrected chi connectivity index (χ3v) is 5.53. The molecule has 2 aromatic heterocycles. The topological polar surface area (TPSA) is 83.4 Å². The SMILES string of the molecule is CN(C(=O)[C@@H]1CNC(=O)N1c1cc(C(F)(F)F)c2c(ncn2C)n1)c1ccc(F)c(Cl)c1F. The molecule has 1 atom stereocenters. The number of rotatable bonds is 3. The third kappa shape index (κ3) is 3.71. The first-order valence-electron chi connectivity index (χ1n) is 9.29. The van der Waals surface area contributed by atoms with Crippen molar-refractivity contribution in [3.05, 3.63) is 46.7 Å². The minimum atomic E-state index is -4.80. The van der Waals surface area contributed by atoms with Gasteiger partial charge in [0.1, 0.15) is 22.7 Å². The summed E-state index contributed by atoms with van der Waals surface area (Å²) in [6.07, 6.45) is -3.66. The van der Waals surface area contributed by atoms with E-state index >= 15 is 0 Å². The summed E-state index contributed by atoms with van der Waals surface area (Å²) < 4.78 is 70.2. The molecule has 1 fully saturated rings. The van der Waals surface area contributed by atoms with Crippen molar-refractivity contribution in [2.24, 2.45) is 7.05 Å². The molecule has 8 nitrogen and oxygen atoms in total. The monoisotopic (exact) mass is 488 g/mol. The van der Waals surface area contributed by atoms with Crippen molar-refractivity contribution in [2.75, 3.05) is 23.4 Å². The fraction of sp³-hybridized carbons (Fsp3) is 0.263. The average Bonchev–Trinajstić information content (AvgIpc) is 3.32. The second kappa shape index (κ2) is 7.83. The van der Waals surface area contributed by atoms with E-state index in [1.807, 2.05) is 0 Å². The fourth-order valence-corrected chi connectivity index (χ4v) is 3.73. The first-order valence-corrected chi connectivity index (χ1v) is 9.67. The highest BCUT2D eigenvalue weighted by atomic mass is 35.5. The Bertz CT molecular complexity index is 1290. The van der Waals surface area contributed by atoms with Crippen LogP contribution in [0.1, 0.15) is 5.56 Å². The van der Waals surface area contributed by atoms with Gasteiger partial charge in [-0.2, -0.15) is 13.2 Å². The quantitative estimate of drug-likeness (QED) is 0.452. The molecule has 174 valence electrons. The molecule has 1 aromatic carbocycles. The number of aromatic nitrogens is 3. The van der Waals surface area contributed by atoms with Gasteiger partial charge in [-0.25, -0.2) is 23.5 Å². The van der Waals surface area contributed by atoms with E-state index in [-0.39, 0.29) is 23.4 Å². The minimum Gasteiger partial charge on any atom is -0.335 e. The van der Waals surface area contributed by atoms with Gasteiger partial charge in [0.25, 0.3) is 5.91 Å². The summed E-state index contributed by atoms with van der Waals surface area (Å²) >= 11 is 5.57. The van der Waals surface area contributed by atoms with E-state index in [9.17, 15) is 31.5 Å². The van der Waals surface area contributed by atoms with Gasteiger partial charge in [0, 0.05) is 20.6 Å². The van der Waals surface area contributed by atoms with Crippen molar-refractivity contribution in [3.8, 4) is 0 Å². The van der Waals surface area contributed by atoms with Gasteiger partial charge < -0.3 is 14.8 Å². The number of alkyl halides is 3. The van der Waals surface area contributed by atoms with Crippen LogP contribution >= 0.6 is 11.6 Å². The largest absolute Gasteiger partial charge is 0.418 e. The maximum Gasteiger partial charge on any atom is 0.418 e. The lowest BCUT2D eigenvalue weighted by Gasteiger charge is -2.27. The Hall–Kier alpha value is -3.48. The number of hydrogen-bond donors (Lipinski definition) is 1. The molecule has 0 unspecified atom stereocenters. The molecule has 1 N–H and O–H groups in total. The molecular formula is C19H14ClF5N6O2. The highest BCUT2D eigenvalue weighted by Crippen LogP contribution is 2.37. The lowest BCUT2D eigenvalue weighted by Crippen LogP contribution is -2.47. The molecule has 0 bridgehead atoms. The van der Waals surface area contributed by atoms with Crippen molar-refractivity contribution in [1.29, 1.82) is 0 Å². The maximum absolute atomic E-state index is 14.4. The summed E-state index contributed by atoms with van der Waals surface area (Å²) in [5.74, 6) is -3.58. The van der Waals surface area contributed by atoms with E-state index < -0.39 is 52.2 Å². The number of halogens is 6. The number of pyridine rings is 1. The molecular weight excluding hydrogens is 475 g/mol. The predicted octanol–water partition coefficient (Wildman–Crippen LogP) is 3.48. The summed E-state index contributed by atoms with van der Waals surface area (Å²) in [5.41, 5.74) is -2.06. The number of carbonyl (C=O) groups is 2. The molecule has 0 spiro atoms. The molecule has 3 amide bonds. The van der Waals surface area contributed by atoms with Crippen LogP contribution in [0.15, 0.2) is 24.5 Å². The van der Waals surface area contributed by atoms with Crippen LogP contribution in [0.5, 0.6) is 0 Å². The fourth-order valence-electron chi connectivity index (χ4n) is 3.57. The van der Waals surface area contributed by atoms with Gasteiger partial charge in [0.2, 0.25) is 0 Å². The van der Waals surface area contributed by atoms with E-state index in [0.29, 0.717) is 6.07 Å². The number of nitrogens with one attached hydrogen (secondary N) is 1. The number of anilines is 2. The molecule has 0 aliphatic carbocycles. The standard InChI is InChI=1S/C19H14ClF5N6O2/c1-29-7-27-16-15(29)8(19(23,24)25)5-12(28-16)31-11(6-26-18(31)33)17(32)30(2)10-4-3-9(21)13(20)14(10)22/h3-5,7,11H,6H2,1-2H3,(H,26,33)/t11-/m0/s1. The zero-order valence-corrected chi connectivity index (χ0v) is 17.7. The molecule has 14 heteroatoms. The Morgan fingerprint density at radius 2 is 2.00 bits per heavy atom. The van der Waals surface area contributed by atoms with E-state index in [1.54, 1.807) is 0 Å². The second-order valence-electron chi connectivity index (χ2n) is 7.22. The number of nitrogens with zero attached hydrogens (tertiary/aromatic N) is 5. The normalized spacial score (nSPS) is 16.4. The van der Waals surface area contributed by atoms with Gasteiger partial charge >= 0.3 is 12.2 Å². The smallest absolute Gasteiger partial charge is 0.335 e. The number of amides is 3. The van der Waals surface area contributed by atoms with Gasteiger partial charge in [-0.3, -0.25) is 9.69 Å². The molecule has 1 aliphatic rings. The number of hydrogen-bond acceptors (Lipinski definition) is 4. The number of fused-ring (bicyclic) bond motifs is 1. The van der Waals surface area contributed by atoms with E-state index in [0.717, 1.165) is 39.9 Å². The van der Waals surface area contributed by atoms with Gasteiger partial charge in [0.05, 0.1) is 23.1 Å². The van der Waals surface area contributed by atoms with Crippen molar-refractivity contribution in [3.63, 3.8) is 0 Å².